The fraction of sp³-hybridized carbons (Fsp3) is 0.152. The Hall–Kier alpha value is -4.22. The Kier molecular flexibility index (Phi) is 7.38. The van der Waals surface area contributed by atoms with Gasteiger partial charge in [-0.2, -0.15) is 0 Å². The van der Waals surface area contributed by atoms with Crippen LogP contribution in [-0.4, -0.2) is 13.2 Å². The van der Waals surface area contributed by atoms with Crippen molar-refractivity contribution in [3.8, 4) is 35.0 Å². The summed E-state index contributed by atoms with van der Waals surface area (Å²) in [6.07, 6.45) is 5.34. The van der Waals surface area contributed by atoms with E-state index in [1.165, 1.54) is 22.3 Å². The molecular weight excluding hydrogens is 428 g/mol. The molecule has 0 radical (unpaired) electrons. The highest BCUT2D eigenvalue weighted by Gasteiger charge is 2.31. The van der Waals surface area contributed by atoms with E-state index >= 15 is 0 Å². The standard InChI is InChI=1S/C33H30O2/c1-5-23-34-31-19-15-29(16-20-31)33(4,30-17-21-32(22-18-30)35-24-25(2)3)28-13-11-27(12-14-28)26-9-7-6-8-10-26/h1,6-22H,2,23-24H2,3-4H3. The van der Waals surface area contributed by atoms with E-state index < -0.39 is 0 Å². The average Bonchev–Trinajstić information content (AvgIpc) is 2.91. The molecule has 0 amide bonds. The van der Waals surface area contributed by atoms with Crippen LogP contribution in [-0.2, 0) is 5.41 Å². The third-order valence-electron chi connectivity index (χ3n) is 6.24. The lowest BCUT2D eigenvalue weighted by atomic mass is 9.71. The minimum absolute atomic E-state index is 0.253. The average molecular weight is 459 g/mol. The van der Waals surface area contributed by atoms with Gasteiger partial charge in [-0.1, -0.05) is 91.4 Å². The molecule has 0 aliphatic heterocycles. The molecule has 35 heavy (non-hydrogen) atoms. The maximum Gasteiger partial charge on any atom is 0.148 e. The van der Waals surface area contributed by atoms with Gasteiger partial charge in [0.25, 0.3) is 0 Å². The van der Waals surface area contributed by atoms with Crippen LogP contribution in [0.15, 0.2) is 115 Å². The maximum absolute atomic E-state index is 5.83. The van der Waals surface area contributed by atoms with Gasteiger partial charge in [0.05, 0.1) is 0 Å². The molecule has 1 atom stereocenters. The molecule has 0 aromatic heterocycles. The predicted molar refractivity (Wildman–Crippen MR) is 145 cm³/mol. The molecular formula is C33H30O2. The first kappa shape index (κ1) is 23.9. The summed E-state index contributed by atoms with van der Waals surface area (Å²) in [5.41, 5.74) is 6.54. The van der Waals surface area contributed by atoms with Crippen molar-refractivity contribution in [2.45, 2.75) is 19.3 Å². The van der Waals surface area contributed by atoms with Gasteiger partial charge in [-0.15, -0.1) is 6.42 Å². The molecule has 2 heteroatoms. The van der Waals surface area contributed by atoms with Crippen molar-refractivity contribution in [2.75, 3.05) is 13.2 Å². The second-order valence-corrected chi connectivity index (χ2v) is 8.86. The summed E-state index contributed by atoms with van der Waals surface area (Å²) in [6.45, 7) is 8.89. The van der Waals surface area contributed by atoms with Crippen LogP contribution in [0.5, 0.6) is 11.5 Å². The summed E-state index contributed by atoms with van der Waals surface area (Å²) in [4.78, 5) is 0. The van der Waals surface area contributed by atoms with Crippen molar-refractivity contribution in [3.63, 3.8) is 0 Å². The minimum Gasteiger partial charge on any atom is -0.489 e. The van der Waals surface area contributed by atoms with Crippen molar-refractivity contribution in [1.82, 2.24) is 0 Å². The van der Waals surface area contributed by atoms with Gasteiger partial charge in [0.15, 0.2) is 0 Å². The lowest BCUT2D eigenvalue weighted by Crippen LogP contribution is -2.25. The normalized spacial score (nSPS) is 12.3. The topological polar surface area (TPSA) is 18.5 Å². The third kappa shape index (κ3) is 5.48. The maximum atomic E-state index is 5.83. The van der Waals surface area contributed by atoms with Crippen LogP contribution in [0.25, 0.3) is 11.1 Å². The fourth-order valence-electron chi connectivity index (χ4n) is 4.23. The molecule has 0 N–H and O–H groups in total. The zero-order valence-corrected chi connectivity index (χ0v) is 20.3. The van der Waals surface area contributed by atoms with E-state index in [1.54, 1.807) is 0 Å². The molecule has 0 saturated heterocycles. The third-order valence-corrected chi connectivity index (χ3v) is 6.24. The molecule has 1 unspecified atom stereocenters. The lowest BCUT2D eigenvalue weighted by molar-refractivity contribution is 0.352. The largest absolute Gasteiger partial charge is 0.489 e. The molecule has 0 aliphatic rings. The van der Waals surface area contributed by atoms with E-state index in [2.05, 4.69) is 92.2 Å². The van der Waals surface area contributed by atoms with Gasteiger partial charge in [0, 0.05) is 5.41 Å². The number of rotatable bonds is 9. The SMILES string of the molecule is C#CCOc1ccc(C(C)(c2ccc(OCC(=C)C)cc2)c2ccc(-c3ccccc3)cc2)cc1. The Morgan fingerprint density at radius 3 is 1.66 bits per heavy atom. The molecule has 0 bridgehead atoms. The van der Waals surface area contributed by atoms with Crippen molar-refractivity contribution >= 4 is 0 Å². The van der Waals surface area contributed by atoms with Crippen molar-refractivity contribution in [1.29, 1.82) is 0 Å². The molecule has 4 rings (SSSR count). The molecule has 0 fully saturated rings. The Bertz CT molecular complexity index is 1300. The Labute approximate surface area is 208 Å². The van der Waals surface area contributed by atoms with Crippen molar-refractivity contribution < 1.29 is 9.47 Å². The highest BCUT2D eigenvalue weighted by molar-refractivity contribution is 5.64. The highest BCUT2D eigenvalue weighted by Crippen LogP contribution is 2.40. The Morgan fingerprint density at radius 2 is 1.17 bits per heavy atom. The first-order valence-electron chi connectivity index (χ1n) is 11.7. The number of hydrogen-bond acceptors (Lipinski definition) is 2. The summed E-state index contributed by atoms with van der Waals surface area (Å²) in [6, 6.07) is 35.8. The molecule has 4 aromatic rings. The first-order chi connectivity index (χ1) is 17.0. The zero-order valence-electron chi connectivity index (χ0n) is 20.3. The molecule has 0 saturated carbocycles. The summed E-state index contributed by atoms with van der Waals surface area (Å²) in [7, 11) is 0. The van der Waals surface area contributed by atoms with Gasteiger partial charge < -0.3 is 9.47 Å². The van der Waals surface area contributed by atoms with E-state index in [9.17, 15) is 0 Å². The molecule has 4 aromatic carbocycles. The van der Waals surface area contributed by atoms with Crippen LogP contribution in [0, 0.1) is 12.3 Å². The van der Waals surface area contributed by atoms with E-state index in [0.717, 1.165) is 22.6 Å². The van der Waals surface area contributed by atoms with E-state index in [0.29, 0.717) is 6.61 Å². The predicted octanol–water partition coefficient (Wildman–Crippen LogP) is 7.67. The second kappa shape index (κ2) is 10.8. The summed E-state index contributed by atoms with van der Waals surface area (Å²) in [5, 5.41) is 0. The van der Waals surface area contributed by atoms with Crippen LogP contribution in [0.3, 0.4) is 0 Å². The van der Waals surface area contributed by atoms with Crippen LogP contribution < -0.4 is 9.47 Å². The smallest absolute Gasteiger partial charge is 0.148 e. The van der Waals surface area contributed by atoms with Gasteiger partial charge in [-0.05, 0) is 71.5 Å². The van der Waals surface area contributed by atoms with Crippen LogP contribution in [0.2, 0.25) is 0 Å². The number of terminal acetylenes is 1. The van der Waals surface area contributed by atoms with Gasteiger partial charge >= 0.3 is 0 Å². The fourth-order valence-corrected chi connectivity index (χ4v) is 4.23. The van der Waals surface area contributed by atoms with Gasteiger partial charge in [0.1, 0.15) is 24.7 Å². The number of hydrogen-bond donors (Lipinski definition) is 0. The second-order valence-electron chi connectivity index (χ2n) is 8.86. The van der Waals surface area contributed by atoms with Crippen molar-refractivity contribution in [2.24, 2.45) is 0 Å². The van der Waals surface area contributed by atoms with Gasteiger partial charge in [0.2, 0.25) is 0 Å². The summed E-state index contributed by atoms with van der Waals surface area (Å²) in [5.74, 6) is 4.11. The zero-order chi connectivity index (χ0) is 24.7. The van der Waals surface area contributed by atoms with Crippen LogP contribution in [0.4, 0.5) is 0 Å². The minimum atomic E-state index is -0.382. The monoisotopic (exact) mass is 458 g/mol. The van der Waals surface area contributed by atoms with Crippen molar-refractivity contribution in [3.05, 3.63) is 132 Å². The highest BCUT2D eigenvalue weighted by atomic mass is 16.5. The van der Waals surface area contributed by atoms with Gasteiger partial charge in [-0.25, -0.2) is 0 Å². The van der Waals surface area contributed by atoms with E-state index in [1.807, 2.05) is 37.3 Å². The summed E-state index contributed by atoms with van der Waals surface area (Å²) < 4.78 is 11.4. The molecule has 174 valence electrons. The molecule has 0 heterocycles. The molecule has 0 aliphatic carbocycles. The van der Waals surface area contributed by atoms with E-state index in [4.69, 9.17) is 15.9 Å². The lowest BCUT2D eigenvalue weighted by Gasteiger charge is -2.32. The van der Waals surface area contributed by atoms with E-state index in [-0.39, 0.29) is 12.0 Å². The van der Waals surface area contributed by atoms with Gasteiger partial charge in [-0.3, -0.25) is 0 Å². The quantitative estimate of drug-likeness (QED) is 0.145. The van der Waals surface area contributed by atoms with Crippen LogP contribution >= 0.6 is 0 Å². The first-order valence-corrected chi connectivity index (χ1v) is 11.7. The molecule has 0 spiro atoms. The number of benzene rings is 4. The Morgan fingerprint density at radius 1 is 0.714 bits per heavy atom. The molecule has 2 nitrogen and oxygen atoms in total. The number of ether oxygens (including phenoxy) is 2. The summed E-state index contributed by atoms with van der Waals surface area (Å²) >= 11 is 0. The van der Waals surface area contributed by atoms with Crippen LogP contribution in [0.1, 0.15) is 30.5 Å². The Balaban J connectivity index is 1.73.